The van der Waals surface area contributed by atoms with Gasteiger partial charge in [-0.3, -0.25) is 9.89 Å². The van der Waals surface area contributed by atoms with Crippen LogP contribution in [0.1, 0.15) is 23.8 Å². The van der Waals surface area contributed by atoms with Gasteiger partial charge in [-0.05, 0) is 24.6 Å². The van der Waals surface area contributed by atoms with Gasteiger partial charge in [-0.25, -0.2) is 4.79 Å². The number of benzene rings is 2. The number of fused-ring (bicyclic) bond motifs is 2. The lowest BCUT2D eigenvalue weighted by molar-refractivity contribution is -0.121. The smallest absolute Gasteiger partial charge is 0.359 e. The number of nitrogens with one attached hydrogen (secondary N) is 1. The molecule has 27 heavy (non-hydrogen) atoms. The Bertz CT molecular complexity index is 1000. The van der Waals surface area contributed by atoms with Crippen molar-refractivity contribution in [2.45, 2.75) is 23.5 Å². The van der Waals surface area contributed by atoms with Crippen LogP contribution < -0.4 is 4.90 Å². The lowest BCUT2D eigenvalue weighted by atomic mass is 10.2. The molecule has 0 saturated carbocycles. The van der Waals surface area contributed by atoms with Crippen LogP contribution in [0.25, 0.3) is 10.9 Å². The summed E-state index contributed by atoms with van der Waals surface area (Å²) in [7, 11) is 0. The van der Waals surface area contributed by atoms with Crippen molar-refractivity contribution in [1.29, 1.82) is 0 Å². The van der Waals surface area contributed by atoms with Crippen LogP contribution in [0.3, 0.4) is 0 Å². The lowest BCUT2D eigenvalue weighted by Crippen LogP contribution is -2.35. The van der Waals surface area contributed by atoms with E-state index in [-0.39, 0.29) is 18.2 Å². The van der Waals surface area contributed by atoms with Crippen LogP contribution in [0.4, 0.5) is 5.69 Å². The van der Waals surface area contributed by atoms with Gasteiger partial charge in [0.05, 0.1) is 11.2 Å². The fourth-order valence-corrected chi connectivity index (χ4v) is 4.25. The van der Waals surface area contributed by atoms with Gasteiger partial charge in [0.25, 0.3) is 5.91 Å². The molecule has 1 aliphatic rings. The SMILES string of the molecule is C[C@@H]1CCN(C(=O)COC(=O)c2n[nH]c3ccccc23)c2ccccc2S1. The van der Waals surface area contributed by atoms with E-state index in [2.05, 4.69) is 17.1 Å². The van der Waals surface area contributed by atoms with Gasteiger partial charge < -0.3 is 9.64 Å². The summed E-state index contributed by atoms with van der Waals surface area (Å²) < 4.78 is 5.27. The first-order valence-electron chi connectivity index (χ1n) is 8.80. The molecule has 0 aliphatic carbocycles. The van der Waals surface area contributed by atoms with Crippen molar-refractivity contribution in [3.05, 3.63) is 54.2 Å². The number of H-pyrrole nitrogens is 1. The summed E-state index contributed by atoms with van der Waals surface area (Å²) in [4.78, 5) is 27.9. The highest BCUT2D eigenvalue weighted by molar-refractivity contribution is 8.00. The summed E-state index contributed by atoms with van der Waals surface area (Å²) in [6.07, 6.45) is 0.878. The number of aromatic nitrogens is 2. The molecule has 0 bridgehead atoms. The topological polar surface area (TPSA) is 75.3 Å². The Labute approximate surface area is 160 Å². The van der Waals surface area contributed by atoms with E-state index in [1.54, 1.807) is 22.7 Å². The second-order valence-corrected chi connectivity index (χ2v) is 7.90. The Hall–Kier alpha value is -2.80. The van der Waals surface area contributed by atoms with Gasteiger partial charge in [-0.2, -0.15) is 5.10 Å². The van der Waals surface area contributed by atoms with Crippen LogP contribution in [0.5, 0.6) is 0 Å². The second kappa shape index (κ2) is 7.44. The molecule has 2 aromatic carbocycles. The van der Waals surface area contributed by atoms with Crippen molar-refractivity contribution in [2.75, 3.05) is 18.1 Å². The van der Waals surface area contributed by atoms with Crippen LogP contribution in [0, 0.1) is 0 Å². The number of anilines is 1. The average molecular weight is 381 g/mol. The van der Waals surface area contributed by atoms with E-state index in [4.69, 9.17) is 4.74 Å². The summed E-state index contributed by atoms with van der Waals surface area (Å²) >= 11 is 1.76. The number of hydrogen-bond donors (Lipinski definition) is 1. The predicted octanol–water partition coefficient (Wildman–Crippen LogP) is 3.64. The van der Waals surface area contributed by atoms with Gasteiger partial charge in [0.2, 0.25) is 0 Å². The van der Waals surface area contributed by atoms with E-state index >= 15 is 0 Å². The number of hydrogen-bond acceptors (Lipinski definition) is 5. The van der Waals surface area contributed by atoms with Gasteiger partial charge in [0.15, 0.2) is 12.3 Å². The average Bonchev–Trinajstić information content (AvgIpc) is 3.03. The van der Waals surface area contributed by atoms with Crippen molar-refractivity contribution in [3.63, 3.8) is 0 Å². The van der Waals surface area contributed by atoms with E-state index in [1.807, 2.05) is 42.5 Å². The van der Waals surface area contributed by atoms with Crippen molar-refractivity contribution in [1.82, 2.24) is 10.2 Å². The zero-order chi connectivity index (χ0) is 18.8. The molecule has 4 rings (SSSR count). The molecular formula is C20H19N3O3S. The van der Waals surface area contributed by atoms with Gasteiger partial charge in [0.1, 0.15) is 0 Å². The van der Waals surface area contributed by atoms with Crippen LogP contribution in [0.15, 0.2) is 53.4 Å². The Morgan fingerprint density at radius 2 is 2.00 bits per heavy atom. The molecule has 3 aromatic rings. The summed E-state index contributed by atoms with van der Waals surface area (Å²) in [5.74, 6) is -0.836. The van der Waals surface area contributed by atoms with Crippen LogP contribution in [-0.2, 0) is 9.53 Å². The highest BCUT2D eigenvalue weighted by Gasteiger charge is 2.25. The molecule has 1 amide bonds. The summed E-state index contributed by atoms with van der Waals surface area (Å²) in [6.45, 7) is 2.44. The van der Waals surface area contributed by atoms with Gasteiger partial charge in [0, 0.05) is 22.1 Å². The molecule has 1 atom stereocenters. The fourth-order valence-electron chi connectivity index (χ4n) is 3.14. The number of carbonyl (C=O) groups is 2. The van der Waals surface area contributed by atoms with Gasteiger partial charge >= 0.3 is 5.97 Å². The number of rotatable bonds is 3. The minimum atomic E-state index is -0.605. The van der Waals surface area contributed by atoms with E-state index in [9.17, 15) is 9.59 Å². The number of nitrogens with zero attached hydrogens (tertiary/aromatic N) is 2. The molecule has 1 N–H and O–H groups in total. The standard InChI is InChI=1S/C20H19N3O3S/c1-13-10-11-23(16-8-4-5-9-17(16)27-13)18(24)12-26-20(25)19-14-6-2-3-7-15(14)21-22-19/h2-9,13H,10-12H2,1H3,(H,21,22)/t13-/m1/s1. The van der Waals surface area contributed by atoms with Gasteiger partial charge in [-0.15, -0.1) is 11.8 Å². The van der Waals surface area contributed by atoms with Crippen molar-refractivity contribution >= 4 is 40.2 Å². The monoisotopic (exact) mass is 381 g/mol. The minimum absolute atomic E-state index is 0.193. The molecule has 0 saturated heterocycles. The number of amides is 1. The summed E-state index contributed by atoms with van der Waals surface area (Å²) in [5, 5.41) is 7.92. The third-order valence-electron chi connectivity index (χ3n) is 4.53. The number of aromatic amines is 1. The third kappa shape index (κ3) is 3.55. The molecule has 1 aromatic heterocycles. The van der Waals surface area contributed by atoms with Crippen LogP contribution in [0.2, 0.25) is 0 Å². The number of thioether (sulfide) groups is 1. The van der Waals surface area contributed by atoms with Gasteiger partial charge in [-0.1, -0.05) is 37.3 Å². The second-order valence-electron chi connectivity index (χ2n) is 6.42. The maximum absolute atomic E-state index is 12.8. The highest BCUT2D eigenvalue weighted by atomic mass is 32.2. The molecule has 0 radical (unpaired) electrons. The van der Waals surface area contributed by atoms with E-state index in [1.165, 1.54) is 0 Å². The fraction of sp³-hybridized carbons (Fsp3) is 0.250. The van der Waals surface area contributed by atoms with E-state index in [0.29, 0.717) is 17.2 Å². The molecule has 1 aliphatic heterocycles. The molecule has 138 valence electrons. The van der Waals surface area contributed by atoms with Crippen LogP contribution in [-0.4, -0.2) is 40.5 Å². The molecular weight excluding hydrogens is 362 g/mol. The normalized spacial score (nSPS) is 16.6. The Balaban J connectivity index is 1.49. The van der Waals surface area contributed by atoms with Crippen molar-refractivity contribution in [2.24, 2.45) is 0 Å². The minimum Gasteiger partial charge on any atom is -0.451 e. The lowest BCUT2D eigenvalue weighted by Gasteiger charge is -2.22. The molecule has 0 fully saturated rings. The van der Waals surface area contributed by atoms with E-state index < -0.39 is 5.97 Å². The molecule has 0 spiro atoms. The number of ether oxygens (including phenoxy) is 1. The number of para-hydroxylation sites is 2. The van der Waals surface area contributed by atoms with Crippen molar-refractivity contribution < 1.29 is 14.3 Å². The molecule has 6 nitrogen and oxygen atoms in total. The first-order chi connectivity index (χ1) is 13.1. The Morgan fingerprint density at radius 1 is 1.22 bits per heavy atom. The van der Waals surface area contributed by atoms with Crippen molar-refractivity contribution in [3.8, 4) is 0 Å². The first kappa shape index (κ1) is 17.6. The Morgan fingerprint density at radius 3 is 2.89 bits per heavy atom. The Kier molecular flexibility index (Phi) is 4.85. The maximum Gasteiger partial charge on any atom is 0.359 e. The van der Waals surface area contributed by atoms with Crippen LogP contribution >= 0.6 is 11.8 Å². The molecule has 0 unspecified atom stereocenters. The summed E-state index contributed by atoms with van der Waals surface area (Å²) in [5.41, 5.74) is 1.82. The third-order valence-corrected chi connectivity index (χ3v) is 5.77. The van der Waals surface area contributed by atoms with E-state index in [0.717, 1.165) is 22.5 Å². The maximum atomic E-state index is 12.8. The molecule has 7 heteroatoms. The quantitative estimate of drug-likeness (QED) is 0.701. The zero-order valence-electron chi connectivity index (χ0n) is 14.8. The largest absolute Gasteiger partial charge is 0.451 e. The highest BCUT2D eigenvalue weighted by Crippen LogP contribution is 2.37. The predicted molar refractivity (Wildman–Crippen MR) is 105 cm³/mol. The number of carbonyl (C=O) groups excluding carboxylic acids is 2. The molecule has 2 heterocycles. The zero-order valence-corrected chi connectivity index (χ0v) is 15.7. The number of esters is 1. The summed E-state index contributed by atoms with van der Waals surface area (Å²) in [6, 6.07) is 15.1. The first-order valence-corrected chi connectivity index (χ1v) is 9.68.